The van der Waals surface area contributed by atoms with E-state index in [4.69, 9.17) is 28.4 Å². The van der Waals surface area contributed by atoms with Crippen molar-refractivity contribution in [1.29, 1.82) is 0 Å². The topological polar surface area (TPSA) is 55.4 Å². The van der Waals surface area contributed by atoms with Gasteiger partial charge in [0.1, 0.15) is 36.2 Å². The van der Waals surface area contributed by atoms with Gasteiger partial charge >= 0.3 is 0 Å². The second-order valence-corrected chi connectivity index (χ2v) is 7.94. The molecule has 0 aliphatic carbocycles. The Morgan fingerprint density at radius 3 is 1.39 bits per heavy atom. The van der Waals surface area contributed by atoms with Crippen molar-refractivity contribution in [3.05, 3.63) is 86.0 Å². The molecule has 0 fully saturated rings. The highest BCUT2D eigenvalue weighted by Gasteiger charge is 2.20. The van der Waals surface area contributed by atoms with Crippen molar-refractivity contribution in [3.63, 3.8) is 0 Å². The van der Waals surface area contributed by atoms with Gasteiger partial charge in [-0.05, 0) is 57.9 Å². The fraction of sp³-hybridized carbons (Fsp3) is 0.200. The molecule has 4 aromatic rings. The molecular weight excluding hydrogens is 456 g/mol. The van der Waals surface area contributed by atoms with Crippen LogP contribution in [0.15, 0.2) is 86.0 Å². The molecule has 0 saturated heterocycles. The Balaban J connectivity index is 2.05. The predicted octanol–water partition coefficient (Wildman–Crippen LogP) is 6.76. The van der Waals surface area contributed by atoms with E-state index >= 15 is 0 Å². The summed E-state index contributed by atoms with van der Waals surface area (Å²) in [6, 6.07) is 19.9. The van der Waals surface area contributed by atoms with E-state index in [1.54, 1.807) is 26.4 Å². The normalized spacial score (nSPS) is 10.8. The molecule has 0 unspecified atom stereocenters. The summed E-state index contributed by atoms with van der Waals surface area (Å²) in [6.07, 6.45) is 3.44. The van der Waals surface area contributed by atoms with Crippen LogP contribution >= 0.6 is 0 Å². The Hall–Kier alpha value is -4.00. The summed E-state index contributed by atoms with van der Waals surface area (Å²) >= 11 is 0. The van der Waals surface area contributed by atoms with Gasteiger partial charge in [-0.25, -0.2) is 0 Å². The minimum atomic E-state index is 0.0951. The van der Waals surface area contributed by atoms with Crippen molar-refractivity contribution in [1.82, 2.24) is 0 Å². The zero-order valence-electron chi connectivity index (χ0n) is 20.6. The molecule has 0 bridgehead atoms. The van der Waals surface area contributed by atoms with Crippen molar-refractivity contribution in [2.24, 2.45) is 0 Å². The number of hydrogen-bond acceptors (Lipinski definition) is 6. The Bertz CT molecular complexity index is 1260. The van der Waals surface area contributed by atoms with Crippen LogP contribution in [0.1, 0.15) is 0 Å². The summed E-state index contributed by atoms with van der Waals surface area (Å²) in [5.74, 6) is 2.75. The van der Waals surface area contributed by atoms with E-state index in [9.17, 15) is 0 Å². The lowest BCUT2D eigenvalue weighted by atomic mass is 9.92. The first-order valence-corrected chi connectivity index (χ1v) is 11.5. The highest BCUT2D eigenvalue weighted by atomic mass is 16.7. The van der Waals surface area contributed by atoms with E-state index in [-0.39, 0.29) is 13.6 Å². The molecule has 0 aromatic heterocycles. The van der Waals surface area contributed by atoms with Crippen LogP contribution in [0.25, 0.3) is 32.7 Å². The van der Waals surface area contributed by atoms with Gasteiger partial charge in [0.15, 0.2) is 13.6 Å². The first kappa shape index (κ1) is 25.1. The highest BCUT2D eigenvalue weighted by molar-refractivity contribution is 6.10. The van der Waals surface area contributed by atoms with Crippen LogP contribution in [0.2, 0.25) is 0 Å². The molecule has 0 atom stereocenters. The molecule has 0 aliphatic rings. The van der Waals surface area contributed by atoms with Crippen molar-refractivity contribution in [2.75, 3.05) is 41.0 Å². The molecule has 4 rings (SSSR count). The van der Waals surface area contributed by atoms with Crippen LogP contribution in [-0.4, -0.2) is 41.0 Å². The maximum absolute atomic E-state index is 6.06. The summed E-state index contributed by atoms with van der Waals surface area (Å²) in [5, 5.41) is 3.93. The summed E-state index contributed by atoms with van der Waals surface area (Å²) in [5.41, 5.74) is 1.71. The molecule has 0 amide bonds. The average Bonchev–Trinajstić information content (AvgIpc) is 2.92. The van der Waals surface area contributed by atoms with E-state index < -0.39 is 0 Å². The minimum absolute atomic E-state index is 0.0951. The van der Waals surface area contributed by atoms with Gasteiger partial charge < -0.3 is 28.4 Å². The minimum Gasteiger partial charge on any atom is -0.490 e. The molecule has 186 valence electrons. The Labute approximate surface area is 211 Å². The SMILES string of the molecule is C=CCOc1ccc2ccc(OCOC)c(-c3c(OCOC)ccc4ccc(OCC=C)cc34)c2c1. The Kier molecular flexibility index (Phi) is 8.44. The van der Waals surface area contributed by atoms with Gasteiger partial charge in [0.05, 0.1) is 0 Å². The van der Waals surface area contributed by atoms with Crippen LogP contribution in [0.5, 0.6) is 23.0 Å². The van der Waals surface area contributed by atoms with Crippen molar-refractivity contribution >= 4 is 21.5 Å². The predicted molar refractivity (Wildman–Crippen MR) is 143 cm³/mol. The Morgan fingerprint density at radius 1 is 0.583 bits per heavy atom. The summed E-state index contributed by atoms with van der Waals surface area (Å²) in [6.45, 7) is 8.50. The van der Waals surface area contributed by atoms with E-state index in [0.717, 1.165) is 44.2 Å². The number of hydrogen-bond donors (Lipinski definition) is 0. The quantitative estimate of drug-likeness (QED) is 0.154. The monoisotopic (exact) mass is 486 g/mol. The summed E-state index contributed by atoms with van der Waals surface area (Å²) in [4.78, 5) is 0. The van der Waals surface area contributed by atoms with Gasteiger partial charge in [0, 0.05) is 25.3 Å². The van der Waals surface area contributed by atoms with Crippen LogP contribution in [0.3, 0.4) is 0 Å². The number of methoxy groups -OCH3 is 2. The van der Waals surface area contributed by atoms with Gasteiger partial charge in [0.2, 0.25) is 0 Å². The van der Waals surface area contributed by atoms with Crippen molar-refractivity contribution < 1.29 is 28.4 Å². The van der Waals surface area contributed by atoms with Crippen LogP contribution in [0, 0.1) is 0 Å². The zero-order valence-corrected chi connectivity index (χ0v) is 20.6. The van der Waals surface area contributed by atoms with E-state index in [0.29, 0.717) is 24.7 Å². The van der Waals surface area contributed by atoms with Crippen molar-refractivity contribution in [2.45, 2.75) is 0 Å². The van der Waals surface area contributed by atoms with Crippen molar-refractivity contribution in [3.8, 4) is 34.1 Å². The van der Waals surface area contributed by atoms with E-state index in [2.05, 4.69) is 13.2 Å². The fourth-order valence-corrected chi connectivity index (χ4v) is 4.05. The molecule has 0 N–H and O–H groups in total. The smallest absolute Gasteiger partial charge is 0.188 e. The third kappa shape index (κ3) is 5.46. The van der Waals surface area contributed by atoms with Crippen LogP contribution in [0.4, 0.5) is 0 Å². The maximum atomic E-state index is 6.06. The molecule has 0 aliphatic heterocycles. The largest absolute Gasteiger partial charge is 0.490 e. The Morgan fingerprint density at radius 2 is 1.00 bits per heavy atom. The highest BCUT2D eigenvalue weighted by Crippen LogP contribution is 2.46. The summed E-state index contributed by atoms with van der Waals surface area (Å²) < 4.78 is 34.3. The van der Waals surface area contributed by atoms with Crippen LogP contribution < -0.4 is 18.9 Å². The first-order valence-electron chi connectivity index (χ1n) is 11.5. The molecule has 6 heteroatoms. The molecular formula is C30H30O6. The second-order valence-electron chi connectivity index (χ2n) is 7.94. The van der Waals surface area contributed by atoms with Crippen LogP contribution in [-0.2, 0) is 9.47 Å². The number of ether oxygens (including phenoxy) is 6. The second kappa shape index (κ2) is 12.1. The third-order valence-electron chi connectivity index (χ3n) is 5.56. The number of benzene rings is 4. The number of fused-ring (bicyclic) bond motifs is 2. The molecule has 0 heterocycles. The molecule has 36 heavy (non-hydrogen) atoms. The van der Waals surface area contributed by atoms with Gasteiger partial charge in [-0.3, -0.25) is 0 Å². The number of rotatable bonds is 13. The lowest BCUT2D eigenvalue weighted by Crippen LogP contribution is -2.04. The van der Waals surface area contributed by atoms with E-state index in [1.807, 2.05) is 60.7 Å². The average molecular weight is 487 g/mol. The fourth-order valence-electron chi connectivity index (χ4n) is 4.05. The standard InChI is InChI=1S/C30H30O6/c1-5-15-33-23-11-7-21-9-13-27(35-19-31-3)29(25(21)17-23)30-26-18-24(34-16-6-2)12-8-22(26)10-14-28(30)36-20-32-4/h5-14,17-18H,1-2,15-16,19-20H2,3-4H3. The zero-order chi connectivity index (χ0) is 25.3. The van der Waals surface area contributed by atoms with Gasteiger partial charge in [-0.15, -0.1) is 0 Å². The summed E-state index contributed by atoms with van der Waals surface area (Å²) in [7, 11) is 3.19. The molecule has 4 aromatic carbocycles. The van der Waals surface area contributed by atoms with E-state index in [1.165, 1.54) is 0 Å². The molecule has 0 radical (unpaired) electrons. The maximum Gasteiger partial charge on any atom is 0.188 e. The lowest BCUT2D eigenvalue weighted by Gasteiger charge is -2.20. The first-order chi connectivity index (χ1) is 17.7. The van der Waals surface area contributed by atoms with Gasteiger partial charge in [-0.1, -0.05) is 49.6 Å². The molecule has 0 saturated carbocycles. The lowest BCUT2D eigenvalue weighted by molar-refractivity contribution is 0.0502. The molecule has 0 spiro atoms. The van der Waals surface area contributed by atoms with Gasteiger partial charge in [0.25, 0.3) is 0 Å². The molecule has 6 nitrogen and oxygen atoms in total. The third-order valence-corrected chi connectivity index (χ3v) is 5.56. The van der Waals surface area contributed by atoms with Gasteiger partial charge in [-0.2, -0.15) is 0 Å².